The first-order valence-electron chi connectivity index (χ1n) is 14.1. The number of hydrogen-bond donors (Lipinski definition) is 2. The molecule has 0 unspecified atom stereocenters. The van der Waals surface area contributed by atoms with Crippen LogP contribution in [0.25, 0.3) is 0 Å². The lowest BCUT2D eigenvalue weighted by atomic mass is 9.88. The van der Waals surface area contributed by atoms with Crippen LogP contribution in [-0.4, -0.2) is 66.9 Å². The smallest absolute Gasteiger partial charge is 0.319 e. The fourth-order valence-corrected chi connectivity index (χ4v) is 6.09. The molecule has 2 aliphatic heterocycles. The van der Waals surface area contributed by atoms with Gasteiger partial charge in [0.2, 0.25) is 0 Å². The molecule has 6 nitrogen and oxygen atoms in total. The topological polar surface area (TPSA) is 64.7 Å². The van der Waals surface area contributed by atoms with Crippen LogP contribution in [0.2, 0.25) is 0 Å². The van der Waals surface area contributed by atoms with Crippen molar-refractivity contribution >= 4 is 17.5 Å². The Bertz CT molecular complexity index is 1070. The Kier molecular flexibility index (Phi) is 9.91. The van der Waals surface area contributed by atoms with E-state index < -0.39 is 0 Å². The monoisotopic (exact) mass is 522 g/mol. The molecule has 4 rings (SSSR count). The summed E-state index contributed by atoms with van der Waals surface area (Å²) >= 11 is 0. The third kappa shape index (κ3) is 8.37. The van der Waals surface area contributed by atoms with Crippen LogP contribution in [0, 0.1) is 23.6 Å². The van der Waals surface area contributed by atoms with Gasteiger partial charge in [-0.1, -0.05) is 38.1 Å². The lowest BCUT2D eigenvalue weighted by molar-refractivity contribution is 0.0799. The van der Waals surface area contributed by atoms with Crippen LogP contribution in [-0.2, 0) is 6.42 Å². The molecule has 2 N–H and O–H groups in total. The molecule has 0 saturated carbocycles. The van der Waals surface area contributed by atoms with Crippen molar-refractivity contribution in [1.82, 2.24) is 15.1 Å². The zero-order chi connectivity index (χ0) is 27.1. The largest absolute Gasteiger partial charge is 0.335 e. The number of benzene rings is 2. The summed E-state index contributed by atoms with van der Waals surface area (Å²) in [6, 6.07) is 13.9. The first-order valence-corrected chi connectivity index (χ1v) is 14.1. The Labute approximate surface area is 227 Å². The molecule has 0 aromatic heterocycles. The number of piperidine rings is 2. The number of anilines is 1. The average Bonchev–Trinajstić information content (AvgIpc) is 2.87. The second kappa shape index (κ2) is 13.3. The average molecular weight is 523 g/mol. The maximum atomic E-state index is 13.3. The number of rotatable bonds is 9. The Morgan fingerprint density at radius 1 is 1.03 bits per heavy atom. The number of urea groups is 1. The molecule has 2 heterocycles. The first-order chi connectivity index (χ1) is 18.2. The number of nitrogens with one attached hydrogen (secondary N) is 2. The van der Waals surface area contributed by atoms with Gasteiger partial charge in [0.1, 0.15) is 5.82 Å². The minimum absolute atomic E-state index is 0.0223. The molecule has 3 atom stereocenters. The van der Waals surface area contributed by atoms with Crippen molar-refractivity contribution in [1.29, 1.82) is 0 Å². The minimum atomic E-state index is -0.217. The summed E-state index contributed by atoms with van der Waals surface area (Å²) in [5.74, 6) is 1.30. The fraction of sp³-hybridized carbons (Fsp3) is 0.548. The normalized spacial score (nSPS) is 22.8. The van der Waals surface area contributed by atoms with E-state index in [-0.39, 0.29) is 23.7 Å². The van der Waals surface area contributed by atoms with Crippen LogP contribution < -0.4 is 10.6 Å². The lowest BCUT2D eigenvalue weighted by Crippen LogP contribution is -2.56. The fourth-order valence-electron chi connectivity index (χ4n) is 6.09. The van der Waals surface area contributed by atoms with E-state index in [2.05, 4.69) is 34.3 Å². The van der Waals surface area contributed by atoms with Crippen molar-refractivity contribution in [3.05, 3.63) is 65.5 Å². The number of Topliss-reactive ketones (excluding diaryl/α,β-unsaturated/α-hetero) is 1. The number of carbonyl (C=O) groups excluding carboxylic acids is 2. The van der Waals surface area contributed by atoms with Gasteiger partial charge in [-0.3, -0.25) is 4.79 Å². The maximum Gasteiger partial charge on any atom is 0.319 e. The van der Waals surface area contributed by atoms with Gasteiger partial charge in [-0.25, -0.2) is 9.18 Å². The van der Waals surface area contributed by atoms with Crippen molar-refractivity contribution in [2.24, 2.45) is 17.8 Å². The van der Waals surface area contributed by atoms with Crippen molar-refractivity contribution in [3.63, 3.8) is 0 Å². The predicted molar refractivity (Wildman–Crippen MR) is 151 cm³/mol. The summed E-state index contributed by atoms with van der Waals surface area (Å²) < 4.78 is 13.3. The SMILES string of the molecule is CC(=O)c1cccc(NC(=O)N[C@@H]2CCN(CC(C)C)C[C@@H]2CN2CCC[C@@H](Cc3ccc(F)cc3)C2)c1. The van der Waals surface area contributed by atoms with Gasteiger partial charge in [0.15, 0.2) is 5.78 Å². The molecule has 206 valence electrons. The van der Waals surface area contributed by atoms with Crippen LogP contribution in [0.5, 0.6) is 0 Å². The standard InChI is InChI=1S/C31H43FN4O2/c1-22(2)18-36-15-13-30(34-31(38)33-29-8-4-7-26(17-29)23(3)37)27(21-36)20-35-14-5-6-25(19-35)16-24-9-11-28(32)12-10-24/h4,7-12,17,22,25,27,30H,5-6,13-16,18-21H2,1-3H3,(H2,33,34,38)/t25-,27-,30+/m0/s1. The van der Waals surface area contributed by atoms with E-state index in [0.29, 0.717) is 29.0 Å². The Morgan fingerprint density at radius 3 is 2.55 bits per heavy atom. The van der Waals surface area contributed by atoms with Crippen LogP contribution in [0.4, 0.5) is 14.9 Å². The molecule has 0 spiro atoms. The molecule has 0 aliphatic carbocycles. The third-order valence-electron chi connectivity index (χ3n) is 7.82. The van der Waals surface area contributed by atoms with Crippen LogP contribution in [0.3, 0.4) is 0 Å². The van der Waals surface area contributed by atoms with Gasteiger partial charge in [0.25, 0.3) is 0 Å². The molecular formula is C31H43FN4O2. The van der Waals surface area contributed by atoms with E-state index in [1.165, 1.54) is 25.3 Å². The van der Waals surface area contributed by atoms with Gasteiger partial charge in [0.05, 0.1) is 0 Å². The van der Waals surface area contributed by atoms with Gasteiger partial charge < -0.3 is 20.4 Å². The molecule has 2 amide bonds. The second-order valence-corrected chi connectivity index (χ2v) is 11.6. The number of amides is 2. The third-order valence-corrected chi connectivity index (χ3v) is 7.82. The van der Waals surface area contributed by atoms with Crippen LogP contribution in [0.1, 0.15) is 56.0 Å². The highest BCUT2D eigenvalue weighted by Gasteiger charge is 2.33. The van der Waals surface area contributed by atoms with Crippen molar-refractivity contribution < 1.29 is 14.0 Å². The molecule has 2 saturated heterocycles. The first kappa shape index (κ1) is 28.2. The number of hydrogen-bond acceptors (Lipinski definition) is 4. The summed E-state index contributed by atoms with van der Waals surface area (Å²) in [6.07, 6.45) is 4.26. The van der Waals surface area contributed by atoms with Gasteiger partial charge in [0, 0.05) is 55.9 Å². The molecule has 2 fully saturated rings. The van der Waals surface area contributed by atoms with E-state index >= 15 is 0 Å². The Hall–Kier alpha value is -2.77. The summed E-state index contributed by atoms with van der Waals surface area (Å²) in [5, 5.41) is 6.20. The van der Waals surface area contributed by atoms with E-state index in [4.69, 9.17) is 0 Å². The molecule has 0 radical (unpaired) electrons. The zero-order valence-corrected chi connectivity index (χ0v) is 23.1. The van der Waals surface area contributed by atoms with Gasteiger partial charge in [-0.05, 0) is 80.8 Å². The van der Waals surface area contributed by atoms with Crippen molar-refractivity contribution in [2.45, 2.75) is 52.5 Å². The quantitative estimate of drug-likeness (QED) is 0.430. The van der Waals surface area contributed by atoms with Crippen LogP contribution >= 0.6 is 0 Å². The second-order valence-electron chi connectivity index (χ2n) is 11.6. The summed E-state index contributed by atoms with van der Waals surface area (Å²) in [4.78, 5) is 29.8. The van der Waals surface area contributed by atoms with Crippen molar-refractivity contribution in [2.75, 3.05) is 44.6 Å². The van der Waals surface area contributed by atoms with Gasteiger partial charge >= 0.3 is 6.03 Å². The highest BCUT2D eigenvalue weighted by molar-refractivity contribution is 5.96. The number of carbonyl (C=O) groups is 2. The van der Waals surface area contributed by atoms with E-state index in [0.717, 1.165) is 52.1 Å². The van der Waals surface area contributed by atoms with Gasteiger partial charge in [-0.15, -0.1) is 0 Å². The molecule has 2 aliphatic rings. The Balaban J connectivity index is 1.38. The number of ketones is 1. The summed E-state index contributed by atoms with van der Waals surface area (Å²) in [7, 11) is 0. The van der Waals surface area contributed by atoms with Crippen LogP contribution in [0.15, 0.2) is 48.5 Å². The zero-order valence-electron chi connectivity index (χ0n) is 23.1. The van der Waals surface area contributed by atoms with E-state index in [1.807, 2.05) is 18.2 Å². The summed E-state index contributed by atoms with van der Waals surface area (Å²) in [6.45, 7) is 12.1. The van der Waals surface area contributed by atoms with E-state index in [9.17, 15) is 14.0 Å². The molecular weight excluding hydrogens is 479 g/mol. The molecule has 0 bridgehead atoms. The van der Waals surface area contributed by atoms with Gasteiger partial charge in [-0.2, -0.15) is 0 Å². The molecule has 2 aromatic rings. The number of likely N-dealkylation sites (tertiary alicyclic amines) is 2. The molecule has 7 heteroatoms. The molecule has 38 heavy (non-hydrogen) atoms. The Morgan fingerprint density at radius 2 is 1.82 bits per heavy atom. The number of halogens is 1. The minimum Gasteiger partial charge on any atom is -0.335 e. The lowest BCUT2D eigenvalue weighted by Gasteiger charge is -2.43. The number of nitrogens with zero attached hydrogens (tertiary/aromatic N) is 2. The maximum absolute atomic E-state index is 13.3. The van der Waals surface area contributed by atoms with Crippen molar-refractivity contribution in [3.8, 4) is 0 Å². The summed E-state index contributed by atoms with van der Waals surface area (Å²) in [5.41, 5.74) is 2.41. The predicted octanol–water partition coefficient (Wildman–Crippen LogP) is 5.45. The highest BCUT2D eigenvalue weighted by atomic mass is 19.1. The van der Waals surface area contributed by atoms with E-state index in [1.54, 1.807) is 30.3 Å². The highest BCUT2D eigenvalue weighted by Crippen LogP contribution is 2.25. The molecule has 2 aromatic carbocycles.